The smallest absolute Gasteiger partial charge is 0.123 e. The van der Waals surface area contributed by atoms with Crippen LogP contribution in [0.4, 0.5) is 0 Å². The lowest BCUT2D eigenvalue weighted by Gasteiger charge is -2.18. The Labute approximate surface area is 103 Å². The molecular weight excluding hydrogens is 214 g/mol. The van der Waals surface area contributed by atoms with Gasteiger partial charge in [0.15, 0.2) is 0 Å². The molecule has 1 aromatic carbocycles. The van der Waals surface area contributed by atoms with Gasteiger partial charge in [0.05, 0.1) is 0 Å². The number of nitrogens with one attached hydrogen (secondary N) is 1. The van der Waals surface area contributed by atoms with Crippen molar-refractivity contribution in [1.29, 1.82) is 0 Å². The molecule has 0 radical (unpaired) electrons. The molecule has 1 aliphatic rings. The lowest BCUT2D eigenvalue weighted by Crippen LogP contribution is -2.29. The quantitative estimate of drug-likeness (QED) is 0.740. The Morgan fingerprint density at radius 2 is 2.18 bits per heavy atom. The molecule has 0 bridgehead atoms. The van der Waals surface area contributed by atoms with Crippen molar-refractivity contribution < 1.29 is 9.84 Å². The molecule has 1 aliphatic heterocycles. The standard InChI is InChI=1S/C14H21NO2/c1-2-13-12(10-15-8-5-9-16)11-6-3-4-7-14(11)17-13/h3-4,6-7,12-13,15-16H,2,5,8-10H2,1H3. The zero-order valence-corrected chi connectivity index (χ0v) is 10.4. The molecule has 2 unspecified atom stereocenters. The summed E-state index contributed by atoms with van der Waals surface area (Å²) in [5.41, 5.74) is 1.32. The molecule has 0 saturated carbocycles. The van der Waals surface area contributed by atoms with Gasteiger partial charge in [-0.1, -0.05) is 25.1 Å². The minimum Gasteiger partial charge on any atom is -0.489 e. The largest absolute Gasteiger partial charge is 0.489 e. The molecule has 17 heavy (non-hydrogen) atoms. The topological polar surface area (TPSA) is 41.5 Å². The maximum Gasteiger partial charge on any atom is 0.123 e. The monoisotopic (exact) mass is 235 g/mol. The fraction of sp³-hybridized carbons (Fsp3) is 0.571. The summed E-state index contributed by atoms with van der Waals surface area (Å²) >= 11 is 0. The molecule has 0 spiro atoms. The van der Waals surface area contributed by atoms with Crippen LogP contribution >= 0.6 is 0 Å². The van der Waals surface area contributed by atoms with Gasteiger partial charge in [-0.25, -0.2) is 0 Å². The highest BCUT2D eigenvalue weighted by Crippen LogP contribution is 2.38. The number of ether oxygens (including phenoxy) is 1. The molecule has 0 saturated heterocycles. The first-order valence-electron chi connectivity index (χ1n) is 6.44. The lowest BCUT2D eigenvalue weighted by molar-refractivity contribution is 0.197. The van der Waals surface area contributed by atoms with Crippen LogP contribution in [-0.2, 0) is 0 Å². The summed E-state index contributed by atoms with van der Waals surface area (Å²) in [6.07, 6.45) is 2.13. The van der Waals surface area contributed by atoms with Crippen LogP contribution in [0.15, 0.2) is 24.3 Å². The van der Waals surface area contributed by atoms with Crippen LogP contribution in [0.25, 0.3) is 0 Å². The van der Waals surface area contributed by atoms with Gasteiger partial charge in [-0.15, -0.1) is 0 Å². The molecule has 1 aromatic rings. The third-order valence-electron chi connectivity index (χ3n) is 3.32. The van der Waals surface area contributed by atoms with E-state index in [4.69, 9.17) is 9.84 Å². The van der Waals surface area contributed by atoms with Gasteiger partial charge >= 0.3 is 0 Å². The molecule has 0 fully saturated rings. The predicted octanol–water partition coefficient (Wildman–Crippen LogP) is 1.91. The van der Waals surface area contributed by atoms with Crippen molar-refractivity contribution in [2.75, 3.05) is 19.7 Å². The van der Waals surface area contributed by atoms with Crippen LogP contribution in [-0.4, -0.2) is 30.9 Å². The second kappa shape index (κ2) is 6.03. The van der Waals surface area contributed by atoms with Gasteiger partial charge < -0.3 is 15.2 Å². The van der Waals surface area contributed by atoms with Gasteiger partial charge in [0.1, 0.15) is 11.9 Å². The lowest BCUT2D eigenvalue weighted by atomic mass is 9.94. The number of hydrogen-bond acceptors (Lipinski definition) is 3. The van der Waals surface area contributed by atoms with E-state index in [2.05, 4.69) is 24.4 Å². The Balaban J connectivity index is 1.98. The summed E-state index contributed by atoms with van der Waals surface area (Å²) in [5.74, 6) is 1.48. The van der Waals surface area contributed by atoms with Crippen molar-refractivity contribution in [2.24, 2.45) is 0 Å². The highest BCUT2D eigenvalue weighted by molar-refractivity contribution is 5.41. The Morgan fingerprint density at radius 1 is 1.35 bits per heavy atom. The Bertz CT molecular complexity index is 354. The van der Waals surface area contributed by atoms with Crippen LogP contribution in [0, 0.1) is 0 Å². The third kappa shape index (κ3) is 2.79. The van der Waals surface area contributed by atoms with E-state index in [-0.39, 0.29) is 12.7 Å². The van der Waals surface area contributed by atoms with Gasteiger partial charge in [-0.3, -0.25) is 0 Å². The van der Waals surface area contributed by atoms with Crippen LogP contribution in [0.3, 0.4) is 0 Å². The normalized spacial score (nSPS) is 22.2. The number of aliphatic hydroxyl groups is 1. The van der Waals surface area contributed by atoms with Gasteiger partial charge in [0.2, 0.25) is 0 Å². The van der Waals surface area contributed by atoms with Crippen molar-refractivity contribution in [3.8, 4) is 5.75 Å². The third-order valence-corrected chi connectivity index (χ3v) is 3.32. The fourth-order valence-electron chi connectivity index (χ4n) is 2.41. The van der Waals surface area contributed by atoms with E-state index in [0.717, 1.165) is 31.7 Å². The van der Waals surface area contributed by atoms with Crippen molar-refractivity contribution in [1.82, 2.24) is 5.32 Å². The van der Waals surface area contributed by atoms with Crippen molar-refractivity contribution in [3.63, 3.8) is 0 Å². The van der Waals surface area contributed by atoms with Crippen molar-refractivity contribution >= 4 is 0 Å². The first-order chi connectivity index (χ1) is 8.36. The van der Waals surface area contributed by atoms with Gasteiger partial charge in [0.25, 0.3) is 0 Å². The van der Waals surface area contributed by atoms with Crippen LogP contribution in [0.2, 0.25) is 0 Å². The molecule has 2 rings (SSSR count). The van der Waals surface area contributed by atoms with E-state index in [1.165, 1.54) is 5.56 Å². The maximum atomic E-state index is 8.75. The van der Waals surface area contributed by atoms with E-state index >= 15 is 0 Å². The van der Waals surface area contributed by atoms with Gasteiger partial charge in [-0.05, 0) is 25.5 Å². The number of para-hydroxylation sites is 1. The summed E-state index contributed by atoms with van der Waals surface area (Å²) in [7, 11) is 0. The van der Waals surface area contributed by atoms with Gasteiger partial charge in [-0.2, -0.15) is 0 Å². The predicted molar refractivity (Wildman–Crippen MR) is 68.5 cm³/mol. The Hall–Kier alpha value is -1.06. The van der Waals surface area contributed by atoms with Gasteiger partial charge in [0, 0.05) is 24.6 Å². The molecular formula is C14H21NO2. The van der Waals surface area contributed by atoms with E-state index in [9.17, 15) is 0 Å². The Kier molecular flexibility index (Phi) is 4.40. The molecule has 0 aliphatic carbocycles. The highest BCUT2D eigenvalue weighted by Gasteiger charge is 2.32. The number of fused-ring (bicyclic) bond motifs is 1. The molecule has 94 valence electrons. The number of rotatable bonds is 6. The van der Waals surface area contributed by atoms with Crippen LogP contribution in [0.5, 0.6) is 5.75 Å². The average Bonchev–Trinajstić information content (AvgIpc) is 2.73. The zero-order chi connectivity index (χ0) is 12.1. The summed E-state index contributed by atoms with van der Waals surface area (Å²) in [6.45, 7) is 4.21. The van der Waals surface area contributed by atoms with Crippen molar-refractivity contribution in [3.05, 3.63) is 29.8 Å². The molecule has 1 heterocycles. The first-order valence-corrected chi connectivity index (χ1v) is 6.44. The molecule has 2 atom stereocenters. The van der Waals surface area contributed by atoms with Crippen molar-refractivity contribution in [2.45, 2.75) is 31.8 Å². The van der Waals surface area contributed by atoms with E-state index in [1.54, 1.807) is 0 Å². The van der Waals surface area contributed by atoms with Crippen LogP contribution < -0.4 is 10.1 Å². The zero-order valence-electron chi connectivity index (χ0n) is 10.4. The van der Waals surface area contributed by atoms with E-state index in [0.29, 0.717) is 5.92 Å². The van der Waals surface area contributed by atoms with E-state index in [1.807, 2.05) is 12.1 Å². The summed E-state index contributed by atoms with van der Waals surface area (Å²) in [6, 6.07) is 8.29. The molecule has 3 heteroatoms. The second-order valence-corrected chi connectivity index (χ2v) is 4.49. The van der Waals surface area contributed by atoms with Crippen LogP contribution in [0.1, 0.15) is 31.2 Å². The number of aliphatic hydroxyl groups excluding tert-OH is 1. The summed E-state index contributed by atoms with van der Waals surface area (Å²) in [4.78, 5) is 0. The summed E-state index contributed by atoms with van der Waals surface area (Å²) < 4.78 is 5.94. The molecule has 3 nitrogen and oxygen atoms in total. The second-order valence-electron chi connectivity index (χ2n) is 4.49. The minimum atomic E-state index is 0.252. The number of benzene rings is 1. The molecule has 0 amide bonds. The Morgan fingerprint density at radius 3 is 2.94 bits per heavy atom. The SMILES string of the molecule is CCC1Oc2ccccc2C1CNCCCO. The molecule has 2 N–H and O–H groups in total. The maximum absolute atomic E-state index is 8.75. The number of hydrogen-bond donors (Lipinski definition) is 2. The minimum absolute atomic E-state index is 0.252. The molecule has 0 aromatic heterocycles. The summed E-state index contributed by atoms with van der Waals surface area (Å²) in [5, 5.41) is 12.1. The average molecular weight is 235 g/mol. The first kappa shape index (κ1) is 12.4. The van der Waals surface area contributed by atoms with E-state index < -0.39 is 0 Å². The fourth-order valence-corrected chi connectivity index (χ4v) is 2.41. The highest BCUT2D eigenvalue weighted by atomic mass is 16.5.